The van der Waals surface area contributed by atoms with E-state index in [0.29, 0.717) is 12.2 Å². The molecule has 1 saturated heterocycles. The summed E-state index contributed by atoms with van der Waals surface area (Å²) in [7, 11) is 2.41. The lowest BCUT2D eigenvalue weighted by atomic mass is 10.0. The van der Waals surface area contributed by atoms with Crippen LogP contribution in [-0.2, 0) is 6.42 Å². The molecule has 0 bridgehead atoms. The number of likely N-dealkylation sites (N-methyl/N-ethyl adjacent to an activating group) is 1. The Morgan fingerprint density at radius 3 is 2.57 bits per heavy atom. The Hall–Kier alpha value is -2.92. The summed E-state index contributed by atoms with van der Waals surface area (Å²) in [4.78, 5) is 3.48. The summed E-state index contributed by atoms with van der Waals surface area (Å²) in [6, 6.07) is 19.9. The van der Waals surface area contributed by atoms with E-state index in [-0.39, 0.29) is 0 Å². The van der Waals surface area contributed by atoms with Crippen molar-refractivity contribution in [3.63, 3.8) is 0 Å². The van der Waals surface area contributed by atoms with E-state index in [2.05, 4.69) is 87.6 Å². The smallest absolute Gasteiger partial charge is 0.171 e. The molecule has 1 N–H and O–H groups in total. The zero-order valence-electron chi connectivity index (χ0n) is 16.2. The minimum atomic E-state index is 0.359. The zero-order chi connectivity index (χ0) is 19.0. The van der Waals surface area contributed by atoms with Crippen LogP contribution in [-0.4, -0.2) is 37.8 Å². The number of quaternary nitrogens is 1. The molecule has 4 aromatic rings. The van der Waals surface area contributed by atoms with Gasteiger partial charge in [0.05, 0.1) is 13.6 Å². The van der Waals surface area contributed by atoms with Crippen LogP contribution in [0, 0.1) is 0 Å². The SMILES string of the molecule is C[N+]1(CCc2ccccc2)C(n2cnnc2)CC[C@@H]1c1c[nH]c2ccccc12. The number of aromatic nitrogens is 4. The quantitative estimate of drug-likeness (QED) is 0.525. The lowest BCUT2D eigenvalue weighted by Crippen LogP contribution is -2.48. The number of hydrogen-bond acceptors (Lipinski definition) is 2. The number of likely N-dealkylation sites (tertiary alicyclic amines) is 1. The first kappa shape index (κ1) is 17.2. The van der Waals surface area contributed by atoms with Crippen LogP contribution in [0.1, 0.15) is 36.2 Å². The van der Waals surface area contributed by atoms with E-state index in [1.54, 1.807) is 0 Å². The van der Waals surface area contributed by atoms with Crippen molar-refractivity contribution < 1.29 is 4.48 Å². The predicted octanol–water partition coefficient (Wildman–Crippen LogP) is 4.48. The van der Waals surface area contributed by atoms with E-state index in [1.807, 2.05) is 12.7 Å². The van der Waals surface area contributed by atoms with Gasteiger partial charge in [0, 0.05) is 41.9 Å². The fourth-order valence-corrected chi connectivity index (χ4v) is 5.08. The monoisotopic (exact) mass is 372 g/mol. The molecule has 5 rings (SSSR count). The van der Waals surface area contributed by atoms with E-state index in [0.717, 1.165) is 30.3 Å². The highest BCUT2D eigenvalue weighted by Crippen LogP contribution is 2.48. The van der Waals surface area contributed by atoms with Crippen LogP contribution in [0.5, 0.6) is 0 Å². The van der Waals surface area contributed by atoms with Gasteiger partial charge in [-0.25, -0.2) is 0 Å². The summed E-state index contributed by atoms with van der Waals surface area (Å²) in [5.41, 5.74) is 4.05. The second-order valence-electron chi connectivity index (χ2n) is 8.08. The number of hydrogen-bond donors (Lipinski definition) is 1. The molecule has 2 unspecified atom stereocenters. The number of rotatable bonds is 5. The van der Waals surface area contributed by atoms with Crippen molar-refractivity contribution in [1.82, 2.24) is 19.7 Å². The van der Waals surface area contributed by atoms with Crippen molar-refractivity contribution in [2.75, 3.05) is 13.6 Å². The van der Waals surface area contributed by atoms with Crippen molar-refractivity contribution in [2.24, 2.45) is 0 Å². The van der Waals surface area contributed by atoms with Crippen molar-refractivity contribution >= 4 is 10.9 Å². The Kier molecular flexibility index (Phi) is 4.24. The molecule has 0 amide bonds. The molecular formula is C23H26N5+. The molecule has 5 nitrogen and oxygen atoms in total. The predicted molar refractivity (Wildman–Crippen MR) is 111 cm³/mol. The maximum atomic E-state index is 4.09. The lowest BCUT2D eigenvalue weighted by molar-refractivity contribution is -0.963. The Labute approximate surface area is 165 Å². The fraction of sp³-hybridized carbons (Fsp3) is 0.304. The van der Waals surface area contributed by atoms with E-state index >= 15 is 0 Å². The topological polar surface area (TPSA) is 46.5 Å². The summed E-state index contributed by atoms with van der Waals surface area (Å²) in [6.07, 6.45) is 9.70. The van der Waals surface area contributed by atoms with E-state index in [9.17, 15) is 0 Å². The van der Waals surface area contributed by atoms with Crippen LogP contribution in [0.4, 0.5) is 0 Å². The molecule has 1 aliphatic heterocycles. The molecule has 0 aliphatic carbocycles. The van der Waals surface area contributed by atoms with Crippen LogP contribution in [0.25, 0.3) is 10.9 Å². The first-order valence-electron chi connectivity index (χ1n) is 10.0. The Bertz CT molecular complexity index is 1050. The van der Waals surface area contributed by atoms with E-state index in [4.69, 9.17) is 0 Å². The highest BCUT2D eigenvalue weighted by atomic mass is 15.5. The molecule has 0 spiro atoms. The third kappa shape index (κ3) is 2.83. The molecule has 0 saturated carbocycles. The minimum Gasteiger partial charge on any atom is -0.361 e. The van der Waals surface area contributed by atoms with Gasteiger partial charge in [-0.1, -0.05) is 48.5 Å². The highest BCUT2D eigenvalue weighted by molar-refractivity contribution is 5.83. The third-order valence-corrected chi connectivity index (χ3v) is 6.58. The number of aromatic amines is 1. The summed E-state index contributed by atoms with van der Waals surface area (Å²) in [6.45, 7) is 1.08. The molecule has 28 heavy (non-hydrogen) atoms. The number of nitrogens with zero attached hydrogens (tertiary/aromatic N) is 4. The van der Waals surface area contributed by atoms with Gasteiger partial charge in [0.25, 0.3) is 0 Å². The Balaban J connectivity index is 1.53. The molecule has 2 aromatic heterocycles. The number of para-hydroxylation sites is 1. The zero-order valence-corrected chi connectivity index (χ0v) is 16.2. The molecule has 5 heteroatoms. The van der Waals surface area contributed by atoms with Crippen LogP contribution in [0.15, 0.2) is 73.4 Å². The van der Waals surface area contributed by atoms with Gasteiger partial charge in [0.2, 0.25) is 0 Å². The molecule has 1 aliphatic rings. The number of benzene rings is 2. The molecular weight excluding hydrogens is 346 g/mol. The number of fused-ring (bicyclic) bond motifs is 1. The molecule has 3 heterocycles. The lowest BCUT2D eigenvalue weighted by Gasteiger charge is -2.41. The average molecular weight is 372 g/mol. The van der Waals surface area contributed by atoms with Crippen molar-refractivity contribution in [1.29, 1.82) is 0 Å². The molecule has 3 atom stereocenters. The van der Waals surface area contributed by atoms with Gasteiger partial charge in [-0.05, 0) is 11.6 Å². The number of H-pyrrole nitrogens is 1. The van der Waals surface area contributed by atoms with Gasteiger partial charge in [-0.3, -0.25) is 9.05 Å². The van der Waals surface area contributed by atoms with Crippen LogP contribution >= 0.6 is 0 Å². The Morgan fingerprint density at radius 2 is 1.75 bits per heavy atom. The van der Waals surface area contributed by atoms with E-state index in [1.165, 1.54) is 22.0 Å². The summed E-state index contributed by atoms with van der Waals surface area (Å²) in [5, 5.41) is 9.52. The van der Waals surface area contributed by atoms with Crippen molar-refractivity contribution in [3.05, 3.63) is 84.6 Å². The van der Waals surface area contributed by atoms with Crippen LogP contribution in [0.3, 0.4) is 0 Å². The minimum absolute atomic E-state index is 0.359. The maximum absolute atomic E-state index is 4.09. The average Bonchev–Trinajstić information content (AvgIpc) is 3.46. The summed E-state index contributed by atoms with van der Waals surface area (Å²) in [5.74, 6) is 0. The Morgan fingerprint density at radius 1 is 1.00 bits per heavy atom. The normalized spacial score (nSPS) is 24.8. The van der Waals surface area contributed by atoms with Crippen LogP contribution < -0.4 is 0 Å². The molecule has 142 valence electrons. The van der Waals surface area contributed by atoms with Crippen LogP contribution in [0.2, 0.25) is 0 Å². The van der Waals surface area contributed by atoms with Crippen molar-refractivity contribution in [3.8, 4) is 0 Å². The second-order valence-corrected chi connectivity index (χ2v) is 8.08. The molecule has 1 fully saturated rings. The number of nitrogens with one attached hydrogen (secondary N) is 1. The maximum Gasteiger partial charge on any atom is 0.171 e. The molecule has 2 aromatic carbocycles. The first-order chi connectivity index (χ1) is 13.8. The van der Waals surface area contributed by atoms with Gasteiger partial charge in [-0.15, -0.1) is 10.2 Å². The largest absolute Gasteiger partial charge is 0.361 e. The summed E-state index contributed by atoms with van der Waals surface area (Å²) >= 11 is 0. The highest BCUT2D eigenvalue weighted by Gasteiger charge is 2.48. The van der Waals surface area contributed by atoms with E-state index < -0.39 is 0 Å². The molecule has 0 radical (unpaired) electrons. The summed E-state index contributed by atoms with van der Waals surface area (Å²) < 4.78 is 3.18. The van der Waals surface area contributed by atoms with Gasteiger partial charge in [-0.2, -0.15) is 0 Å². The van der Waals surface area contributed by atoms with Crippen molar-refractivity contribution in [2.45, 2.75) is 31.5 Å². The first-order valence-corrected chi connectivity index (χ1v) is 10.0. The third-order valence-electron chi connectivity index (χ3n) is 6.58. The standard InChI is InChI=1S/C23H26N5/c1-28(14-13-18-7-3-2-4-8-18)22(11-12-23(28)27-16-25-26-17-27)20-15-24-21-10-6-5-9-19(20)21/h2-10,15-17,22-24H,11-14H2,1H3/q+1/t22-,23?,28?/m1/s1. The fourth-order valence-electron chi connectivity index (χ4n) is 5.08. The van der Waals surface area contributed by atoms with Gasteiger partial charge in [0.15, 0.2) is 6.17 Å². The second kappa shape index (κ2) is 6.91. The van der Waals surface area contributed by atoms with Gasteiger partial charge < -0.3 is 4.98 Å². The van der Waals surface area contributed by atoms with Gasteiger partial charge in [0.1, 0.15) is 18.7 Å². The van der Waals surface area contributed by atoms with Gasteiger partial charge >= 0.3 is 0 Å².